The highest BCUT2D eigenvalue weighted by Crippen LogP contribution is 2.19. The topological polar surface area (TPSA) is 66.5 Å². The number of hydrogen-bond acceptors (Lipinski definition) is 5. The molecule has 0 aliphatic carbocycles. The number of amides is 2. The van der Waals surface area contributed by atoms with Crippen LogP contribution in [0.1, 0.15) is 17.8 Å². The maximum Gasteiger partial charge on any atom is 0.319 e. The zero-order valence-corrected chi connectivity index (χ0v) is 13.8. The first-order valence-electron chi connectivity index (χ1n) is 7.62. The van der Waals surface area contributed by atoms with Gasteiger partial charge in [0.05, 0.1) is 31.1 Å². The van der Waals surface area contributed by atoms with Crippen molar-refractivity contribution in [3.05, 3.63) is 40.7 Å². The van der Waals surface area contributed by atoms with E-state index >= 15 is 0 Å². The SMILES string of the molecule is CC(NC(=O)Nc1ccc(N2CCOCC2)nc1)c1cccs1. The number of urea groups is 1. The first kappa shape index (κ1) is 15.8. The van der Waals surface area contributed by atoms with Gasteiger partial charge < -0.3 is 20.3 Å². The van der Waals surface area contributed by atoms with Crippen LogP contribution in [0.5, 0.6) is 0 Å². The van der Waals surface area contributed by atoms with Crippen molar-refractivity contribution in [1.29, 1.82) is 0 Å². The van der Waals surface area contributed by atoms with Gasteiger partial charge in [0.15, 0.2) is 0 Å². The van der Waals surface area contributed by atoms with E-state index in [1.807, 2.05) is 36.6 Å². The molecule has 6 nitrogen and oxygen atoms in total. The molecule has 0 spiro atoms. The van der Waals surface area contributed by atoms with Gasteiger partial charge >= 0.3 is 6.03 Å². The summed E-state index contributed by atoms with van der Waals surface area (Å²) in [6.45, 7) is 5.11. The van der Waals surface area contributed by atoms with Gasteiger partial charge in [-0.2, -0.15) is 0 Å². The summed E-state index contributed by atoms with van der Waals surface area (Å²) >= 11 is 1.63. The number of aromatic nitrogens is 1. The van der Waals surface area contributed by atoms with E-state index in [4.69, 9.17) is 4.74 Å². The molecule has 1 aliphatic heterocycles. The van der Waals surface area contributed by atoms with Gasteiger partial charge in [0.25, 0.3) is 0 Å². The molecule has 122 valence electrons. The van der Waals surface area contributed by atoms with Crippen LogP contribution in [-0.2, 0) is 4.74 Å². The molecule has 1 aliphatic rings. The van der Waals surface area contributed by atoms with Crippen molar-refractivity contribution in [3.8, 4) is 0 Å². The zero-order valence-electron chi connectivity index (χ0n) is 13.0. The van der Waals surface area contributed by atoms with E-state index in [1.54, 1.807) is 17.5 Å². The number of ether oxygens (including phenoxy) is 1. The summed E-state index contributed by atoms with van der Waals surface area (Å²) in [6, 6.07) is 7.53. The number of carbonyl (C=O) groups is 1. The maximum atomic E-state index is 12.0. The van der Waals surface area contributed by atoms with Crippen molar-refractivity contribution in [2.75, 3.05) is 36.5 Å². The fraction of sp³-hybridized carbons (Fsp3) is 0.375. The molecule has 0 bridgehead atoms. The molecule has 2 amide bonds. The Morgan fingerprint density at radius 1 is 1.35 bits per heavy atom. The van der Waals surface area contributed by atoms with Crippen LogP contribution in [-0.4, -0.2) is 37.3 Å². The van der Waals surface area contributed by atoms with Crippen LogP contribution >= 0.6 is 11.3 Å². The average molecular weight is 332 g/mol. The number of rotatable bonds is 4. The monoisotopic (exact) mass is 332 g/mol. The van der Waals surface area contributed by atoms with Crippen molar-refractivity contribution >= 4 is 28.9 Å². The Morgan fingerprint density at radius 2 is 2.17 bits per heavy atom. The third kappa shape index (κ3) is 4.20. The fourth-order valence-electron chi connectivity index (χ4n) is 2.41. The Balaban J connectivity index is 1.54. The first-order chi connectivity index (χ1) is 11.2. The van der Waals surface area contributed by atoms with Crippen LogP contribution in [0.4, 0.5) is 16.3 Å². The Bertz CT molecular complexity index is 624. The Labute approximate surface area is 139 Å². The van der Waals surface area contributed by atoms with E-state index < -0.39 is 0 Å². The van der Waals surface area contributed by atoms with E-state index in [0.29, 0.717) is 5.69 Å². The van der Waals surface area contributed by atoms with E-state index in [1.165, 1.54) is 0 Å². The van der Waals surface area contributed by atoms with Gasteiger partial charge in [-0.05, 0) is 30.5 Å². The van der Waals surface area contributed by atoms with Gasteiger partial charge in [0.1, 0.15) is 5.82 Å². The van der Waals surface area contributed by atoms with Crippen LogP contribution in [0.2, 0.25) is 0 Å². The molecule has 1 saturated heterocycles. The number of thiophene rings is 1. The second-order valence-electron chi connectivity index (χ2n) is 5.34. The fourth-order valence-corrected chi connectivity index (χ4v) is 3.15. The van der Waals surface area contributed by atoms with Gasteiger partial charge in [-0.25, -0.2) is 9.78 Å². The summed E-state index contributed by atoms with van der Waals surface area (Å²) in [7, 11) is 0. The van der Waals surface area contributed by atoms with E-state index in [9.17, 15) is 4.79 Å². The molecule has 1 fully saturated rings. The molecule has 1 atom stereocenters. The lowest BCUT2D eigenvalue weighted by Gasteiger charge is -2.27. The minimum absolute atomic E-state index is 0.0180. The molecule has 0 saturated carbocycles. The molecule has 7 heteroatoms. The lowest BCUT2D eigenvalue weighted by Crippen LogP contribution is -2.36. The van der Waals surface area contributed by atoms with Gasteiger partial charge in [-0.1, -0.05) is 6.07 Å². The number of pyridine rings is 1. The molecule has 2 aromatic heterocycles. The van der Waals surface area contributed by atoms with Crippen molar-refractivity contribution in [3.63, 3.8) is 0 Å². The van der Waals surface area contributed by atoms with Crippen LogP contribution in [0, 0.1) is 0 Å². The first-order valence-corrected chi connectivity index (χ1v) is 8.50. The second-order valence-corrected chi connectivity index (χ2v) is 6.32. The smallest absolute Gasteiger partial charge is 0.319 e. The minimum atomic E-state index is -0.230. The average Bonchev–Trinajstić information content (AvgIpc) is 3.11. The predicted octanol–water partition coefficient (Wildman–Crippen LogP) is 2.86. The number of carbonyl (C=O) groups excluding carboxylic acids is 1. The highest BCUT2D eigenvalue weighted by Gasteiger charge is 2.13. The molecular formula is C16H20N4O2S. The van der Waals surface area contributed by atoms with E-state index in [2.05, 4.69) is 20.5 Å². The van der Waals surface area contributed by atoms with Crippen LogP contribution in [0.15, 0.2) is 35.8 Å². The largest absolute Gasteiger partial charge is 0.378 e. The van der Waals surface area contributed by atoms with Crippen LogP contribution in [0.3, 0.4) is 0 Å². The molecular weight excluding hydrogens is 312 g/mol. The molecule has 0 radical (unpaired) electrons. The number of nitrogens with zero attached hydrogens (tertiary/aromatic N) is 2. The molecule has 2 aromatic rings. The highest BCUT2D eigenvalue weighted by atomic mass is 32.1. The lowest BCUT2D eigenvalue weighted by atomic mass is 10.3. The molecule has 23 heavy (non-hydrogen) atoms. The normalized spacial score (nSPS) is 16.0. The quantitative estimate of drug-likeness (QED) is 0.903. The Hall–Kier alpha value is -2.12. The second kappa shape index (κ2) is 7.43. The number of morpholine rings is 1. The molecule has 2 N–H and O–H groups in total. The number of anilines is 2. The Morgan fingerprint density at radius 3 is 2.83 bits per heavy atom. The third-order valence-electron chi connectivity index (χ3n) is 3.66. The van der Waals surface area contributed by atoms with Gasteiger partial charge in [-0.15, -0.1) is 11.3 Å². The van der Waals surface area contributed by atoms with Gasteiger partial charge in [0, 0.05) is 18.0 Å². The predicted molar refractivity (Wildman–Crippen MR) is 92.2 cm³/mol. The summed E-state index contributed by atoms with van der Waals surface area (Å²) in [5.41, 5.74) is 0.679. The lowest BCUT2D eigenvalue weighted by molar-refractivity contribution is 0.122. The summed E-state index contributed by atoms with van der Waals surface area (Å²) in [5, 5.41) is 7.73. The van der Waals surface area contributed by atoms with Crippen molar-refractivity contribution in [1.82, 2.24) is 10.3 Å². The molecule has 3 rings (SSSR count). The minimum Gasteiger partial charge on any atom is -0.378 e. The third-order valence-corrected chi connectivity index (χ3v) is 4.71. The van der Waals surface area contributed by atoms with Crippen LogP contribution in [0.25, 0.3) is 0 Å². The number of nitrogens with one attached hydrogen (secondary N) is 2. The molecule has 3 heterocycles. The van der Waals surface area contributed by atoms with Gasteiger partial charge in [0.2, 0.25) is 0 Å². The van der Waals surface area contributed by atoms with E-state index in [-0.39, 0.29) is 12.1 Å². The van der Waals surface area contributed by atoms with E-state index in [0.717, 1.165) is 37.0 Å². The van der Waals surface area contributed by atoms with Crippen molar-refractivity contribution in [2.24, 2.45) is 0 Å². The molecule has 1 unspecified atom stereocenters. The van der Waals surface area contributed by atoms with Gasteiger partial charge in [-0.3, -0.25) is 0 Å². The summed E-state index contributed by atoms with van der Waals surface area (Å²) in [5.74, 6) is 0.909. The maximum absolute atomic E-state index is 12.0. The Kier molecular flexibility index (Phi) is 5.09. The highest BCUT2D eigenvalue weighted by molar-refractivity contribution is 7.10. The summed E-state index contributed by atoms with van der Waals surface area (Å²) < 4.78 is 5.33. The van der Waals surface area contributed by atoms with Crippen molar-refractivity contribution < 1.29 is 9.53 Å². The van der Waals surface area contributed by atoms with Crippen molar-refractivity contribution in [2.45, 2.75) is 13.0 Å². The zero-order chi connectivity index (χ0) is 16.1. The standard InChI is InChI=1S/C16H20N4O2S/c1-12(14-3-2-10-23-14)18-16(21)19-13-4-5-15(17-11-13)20-6-8-22-9-7-20/h2-5,10-12H,6-9H2,1H3,(H2,18,19,21). The summed E-state index contributed by atoms with van der Waals surface area (Å²) in [6.07, 6.45) is 1.68. The molecule has 0 aromatic carbocycles. The number of hydrogen-bond donors (Lipinski definition) is 2. The van der Waals surface area contributed by atoms with Crippen LogP contribution < -0.4 is 15.5 Å². The summed E-state index contributed by atoms with van der Waals surface area (Å²) in [4.78, 5) is 19.7.